The number of aliphatic carboxylic acids is 1. The fraction of sp³-hybridized carbons (Fsp3) is 0.200. The fourth-order valence-electron chi connectivity index (χ4n) is 0.210. The van der Waals surface area contributed by atoms with Gasteiger partial charge in [0, 0.05) is 6.08 Å². The minimum Gasteiger partial charge on any atom is -0.478 e. The molecular formula is C10H17NO5. The van der Waals surface area contributed by atoms with Crippen molar-refractivity contribution in [3.05, 3.63) is 38.3 Å². The molecule has 16 heavy (non-hydrogen) atoms. The molecule has 0 fully saturated rings. The average molecular weight is 231 g/mol. The van der Waals surface area contributed by atoms with Crippen molar-refractivity contribution in [1.82, 2.24) is 0 Å². The van der Waals surface area contributed by atoms with Crippen LogP contribution >= 0.6 is 0 Å². The van der Waals surface area contributed by atoms with Crippen molar-refractivity contribution in [2.75, 3.05) is 6.61 Å². The molecule has 92 valence electrons. The van der Waals surface area contributed by atoms with Crippen LogP contribution < -0.4 is 5.73 Å². The van der Waals surface area contributed by atoms with Gasteiger partial charge in [0.25, 0.3) is 0 Å². The number of hydrogen-bond donors (Lipinski definition) is 2. The molecule has 0 bridgehead atoms. The molecule has 6 nitrogen and oxygen atoms in total. The zero-order valence-electron chi connectivity index (χ0n) is 9.22. The zero-order valence-corrected chi connectivity index (χ0v) is 9.22. The molecule has 0 aromatic heterocycles. The first kappa shape index (κ1) is 19.4. The topological polar surface area (TPSA) is 98.8 Å². The third kappa shape index (κ3) is 60.1. The molecule has 0 aliphatic heterocycles. The number of carbonyl (C=O) groups excluding carboxylic acids is 1. The Morgan fingerprint density at radius 2 is 1.69 bits per heavy atom. The number of ether oxygens (including phenoxy) is 2. The minimum absolute atomic E-state index is 0.356. The number of hydrogen-bond acceptors (Lipinski definition) is 4. The standard InChI is InChI=1S/C4H6O.C3H7NO2.C3H4O2/c1-3-5-4-2;1-2-6-3(4)5;1-2-3(4)5/h3-4H,1-2H2;2H2,1H3,(H2,4,5);2H,1H2,(H,4,5). The van der Waals surface area contributed by atoms with E-state index in [1.807, 2.05) is 0 Å². The maximum atomic E-state index is 9.60. The van der Waals surface area contributed by atoms with Crippen LogP contribution in [0.1, 0.15) is 6.92 Å². The summed E-state index contributed by atoms with van der Waals surface area (Å²) in [5, 5.41) is 7.60. The third-order valence-corrected chi connectivity index (χ3v) is 0.654. The van der Waals surface area contributed by atoms with Gasteiger partial charge in [-0.2, -0.15) is 0 Å². The first-order chi connectivity index (χ1) is 7.45. The Hall–Kier alpha value is -2.24. The highest BCUT2D eigenvalue weighted by molar-refractivity contribution is 5.78. The van der Waals surface area contributed by atoms with Gasteiger partial charge in [0.1, 0.15) is 0 Å². The van der Waals surface area contributed by atoms with Crippen LogP contribution in [0.15, 0.2) is 38.3 Å². The lowest BCUT2D eigenvalue weighted by Crippen LogP contribution is -2.11. The summed E-state index contributed by atoms with van der Waals surface area (Å²) in [6.45, 7) is 11.5. The van der Waals surface area contributed by atoms with E-state index in [2.05, 4.69) is 34.9 Å². The smallest absolute Gasteiger partial charge is 0.404 e. The Labute approximate surface area is 94.7 Å². The van der Waals surface area contributed by atoms with E-state index in [-0.39, 0.29) is 0 Å². The van der Waals surface area contributed by atoms with Gasteiger partial charge in [-0.05, 0) is 6.92 Å². The van der Waals surface area contributed by atoms with Crippen LogP contribution in [0.5, 0.6) is 0 Å². The molecule has 0 atom stereocenters. The maximum Gasteiger partial charge on any atom is 0.404 e. The predicted octanol–water partition coefficient (Wildman–Crippen LogP) is 1.65. The number of carbonyl (C=O) groups is 2. The Kier molecular flexibility index (Phi) is 22.4. The molecule has 0 aliphatic rings. The lowest BCUT2D eigenvalue weighted by molar-refractivity contribution is -0.131. The van der Waals surface area contributed by atoms with Gasteiger partial charge < -0.3 is 20.3 Å². The summed E-state index contributed by atoms with van der Waals surface area (Å²) < 4.78 is 8.54. The van der Waals surface area contributed by atoms with Gasteiger partial charge in [0.05, 0.1) is 19.1 Å². The summed E-state index contributed by atoms with van der Waals surface area (Å²) in [5.41, 5.74) is 4.54. The Morgan fingerprint density at radius 1 is 1.31 bits per heavy atom. The second kappa shape index (κ2) is 18.5. The summed E-state index contributed by atoms with van der Waals surface area (Å²) in [7, 11) is 0. The SMILES string of the molecule is C=CC(=O)O.C=COC=C.CCOC(N)=O. The quantitative estimate of drug-likeness (QED) is 0.566. The van der Waals surface area contributed by atoms with Gasteiger partial charge >= 0.3 is 12.1 Å². The number of primary amides is 1. The summed E-state index contributed by atoms with van der Waals surface area (Å²) >= 11 is 0. The van der Waals surface area contributed by atoms with E-state index in [1.165, 1.54) is 12.5 Å². The van der Waals surface area contributed by atoms with Crippen molar-refractivity contribution in [3.8, 4) is 0 Å². The highest BCUT2D eigenvalue weighted by Crippen LogP contribution is 1.66. The molecule has 6 heteroatoms. The van der Waals surface area contributed by atoms with E-state index in [9.17, 15) is 9.59 Å². The van der Waals surface area contributed by atoms with E-state index in [0.717, 1.165) is 6.08 Å². The summed E-state index contributed by atoms with van der Waals surface area (Å²) in [5.74, 6) is -0.981. The van der Waals surface area contributed by atoms with Gasteiger partial charge in [0.2, 0.25) is 0 Å². The molecule has 0 spiro atoms. The molecule has 0 heterocycles. The number of amides is 1. The van der Waals surface area contributed by atoms with Crippen LogP contribution in [-0.2, 0) is 14.3 Å². The van der Waals surface area contributed by atoms with Crippen molar-refractivity contribution in [2.24, 2.45) is 5.73 Å². The summed E-state index contributed by atoms with van der Waals surface area (Å²) in [6.07, 6.45) is 2.75. The number of carboxylic acids is 1. The van der Waals surface area contributed by atoms with Crippen molar-refractivity contribution < 1.29 is 24.2 Å². The van der Waals surface area contributed by atoms with Crippen LogP contribution in [0, 0.1) is 0 Å². The second-order valence-electron chi connectivity index (χ2n) is 1.76. The normalized spacial score (nSPS) is 6.56. The minimum atomic E-state index is -0.981. The molecular weight excluding hydrogens is 214 g/mol. The van der Waals surface area contributed by atoms with E-state index in [0.29, 0.717) is 6.61 Å². The zero-order chi connectivity index (χ0) is 13.4. The molecule has 1 amide bonds. The first-order valence-electron chi connectivity index (χ1n) is 4.11. The van der Waals surface area contributed by atoms with Crippen LogP contribution in [0.25, 0.3) is 0 Å². The second-order valence-corrected chi connectivity index (χ2v) is 1.76. The third-order valence-electron chi connectivity index (χ3n) is 0.654. The maximum absolute atomic E-state index is 9.60. The van der Waals surface area contributed by atoms with Crippen molar-refractivity contribution in [2.45, 2.75) is 6.92 Å². The van der Waals surface area contributed by atoms with Gasteiger partial charge in [-0.25, -0.2) is 9.59 Å². The van der Waals surface area contributed by atoms with Crippen molar-refractivity contribution in [3.63, 3.8) is 0 Å². The van der Waals surface area contributed by atoms with E-state index in [1.54, 1.807) is 6.92 Å². The molecule has 3 N–H and O–H groups in total. The summed E-state index contributed by atoms with van der Waals surface area (Å²) in [4.78, 5) is 18.8. The molecule has 0 saturated heterocycles. The number of rotatable bonds is 4. The van der Waals surface area contributed by atoms with Crippen LogP contribution in [0.3, 0.4) is 0 Å². The highest BCUT2D eigenvalue weighted by Gasteiger charge is 1.82. The van der Waals surface area contributed by atoms with E-state index < -0.39 is 12.1 Å². The lowest BCUT2D eigenvalue weighted by Gasteiger charge is -1.89. The predicted molar refractivity (Wildman–Crippen MR) is 60.5 cm³/mol. The van der Waals surface area contributed by atoms with Gasteiger partial charge in [-0.1, -0.05) is 19.7 Å². The van der Waals surface area contributed by atoms with Crippen molar-refractivity contribution >= 4 is 12.1 Å². The van der Waals surface area contributed by atoms with E-state index >= 15 is 0 Å². The Morgan fingerprint density at radius 3 is 1.69 bits per heavy atom. The van der Waals surface area contributed by atoms with Crippen LogP contribution in [0.4, 0.5) is 4.79 Å². The van der Waals surface area contributed by atoms with Crippen molar-refractivity contribution in [1.29, 1.82) is 0 Å². The highest BCUT2D eigenvalue weighted by atomic mass is 16.5. The molecule has 0 radical (unpaired) electrons. The van der Waals surface area contributed by atoms with Gasteiger partial charge in [0.15, 0.2) is 0 Å². The van der Waals surface area contributed by atoms with Gasteiger partial charge in [-0.15, -0.1) is 0 Å². The largest absolute Gasteiger partial charge is 0.478 e. The Bertz CT molecular complexity index is 219. The van der Waals surface area contributed by atoms with E-state index in [4.69, 9.17) is 5.11 Å². The molecule has 0 unspecified atom stereocenters. The number of nitrogens with two attached hydrogens (primary N) is 1. The fourth-order valence-corrected chi connectivity index (χ4v) is 0.210. The molecule has 0 saturated carbocycles. The monoisotopic (exact) mass is 231 g/mol. The summed E-state index contributed by atoms with van der Waals surface area (Å²) in [6, 6.07) is 0. The number of carboxylic acid groups (broad SMARTS) is 1. The average Bonchev–Trinajstić information content (AvgIpc) is 2.20. The Balaban J connectivity index is -0.000000160. The van der Waals surface area contributed by atoms with Gasteiger partial charge in [-0.3, -0.25) is 0 Å². The molecule has 0 aliphatic carbocycles. The molecule has 0 rings (SSSR count). The molecule has 0 aromatic carbocycles. The molecule has 0 aromatic rings. The first-order valence-corrected chi connectivity index (χ1v) is 4.11. The van der Waals surface area contributed by atoms with Crippen LogP contribution in [-0.4, -0.2) is 23.8 Å². The van der Waals surface area contributed by atoms with Crippen LogP contribution in [0.2, 0.25) is 0 Å². The lowest BCUT2D eigenvalue weighted by atomic mass is 10.7.